The third-order valence-electron chi connectivity index (χ3n) is 4.06. The second-order valence-electron chi connectivity index (χ2n) is 6.59. The second-order valence-corrected chi connectivity index (χ2v) is 9.00. The summed E-state index contributed by atoms with van der Waals surface area (Å²) in [4.78, 5) is 32.0. The van der Waals surface area contributed by atoms with Crippen molar-refractivity contribution in [2.75, 3.05) is 10.0 Å². The zero-order valence-electron chi connectivity index (χ0n) is 16.8. The predicted molar refractivity (Wildman–Crippen MR) is 122 cm³/mol. The first-order valence-electron chi connectivity index (χ1n) is 9.07. The van der Waals surface area contributed by atoms with Crippen LogP contribution >= 0.6 is 23.2 Å². The van der Waals surface area contributed by atoms with Crippen molar-refractivity contribution in [2.45, 2.75) is 18.7 Å². The van der Waals surface area contributed by atoms with Gasteiger partial charge in [0, 0.05) is 17.0 Å². The van der Waals surface area contributed by atoms with Crippen LogP contribution in [0.2, 0.25) is 10.0 Å². The summed E-state index contributed by atoms with van der Waals surface area (Å²) in [6, 6.07) is 11.3. The number of aryl methyl sites for hydroxylation is 2. The molecule has 12 heteroatoms. The lowest BCUT2D eigenvalue weighted by molar-refractivity contribution is 0.0967. The molecule has 3 aromatic rings. The fourth-order valence-electron chi connectivity index (χ4n) is 2.70. The van der Waals surface area contributed by atoms with Crippen LogP contribution in [0.25, 0.3) is 0 Å². The number of nitrogens with zero attached hydrogens (tertiary/aromatic N) is 2. The average molecular weight is 494 g/mol. The molecule has 3 amide bonds. The molecule has 166 valence electrons. The maximum Gasteiger partial charge on any atom is 0.326 e. The number of urea groups is 1. The van der Waals surface area contributed by atoms with Crippen LogP contribution in [-0.2, 0) is 10.0 Å². The van der Waals surface area contributed by atoms with Crippen molar-refractivity contribution in [2.24, 2.45) is 0 Å². The number of rotatable bonds is 5. The van der Waals surface area contributed by atoms with Gasteiger partial charge in [0.15, 0.2) is 0 Å². The van der Waals surface area contributed by atoms with Gasteiger partial charge in [-0.25, -0.2) is 27.9 Å². The van der Waals surface area contributed by atoms with Crippen molar-refractivity contribution in [1.82, 2.24) is 15.3 Å². The summed E-state index contributed by atoms with van der Waals surface area (Å²) >= 11 is 12.3. The number of carbonyl (C=O) groups excluding carboxylic acids is 2. The Bertz CT molecular complexity index is 1280. The van der Waals surface area contributed by atoms with Crippen LogP contribution in [-0.4, -0.2) is 30.3 Å². The number of nitrogens with one attached hydrogen (secondary N) is 3. The quantitative estimate of drug-likeness (QED) is 0.488. The first-order valence-corrected chi connectivity index (χ1v) is 11.3. The van der Waals surface area contributed by atoms with Gasteiger partial charge in [-0.2, -0.15) is 0 Å². The molecule has 1 aromatic heterocycles. The highest BCUT2D eigenvalue weighted by molar-refractivity contribution is 7.92. The van der Waals surface area contributed by atoms with Gasteiger partial charge in [-0.05, 0) is 44.2 Å². The molecule has 3 rings (SSSR count). The van der Waals surface area contributed by atoms with Crippen molar-refractivity contribution in [3.8, 4) is 0 Å². The van der Waals surface area contributed by atoms with Crippen molar-refractivity contribution in [1.29, 1.82) is 0 Å². The van der Waals surface area contributed by atoms with Gasteiger partial charge in [0.05, 0.1) is 15.7 Å². The predicted octanol–water partition coefficient (Wildman–Crippen LogP) is 4.16. The van der Waals surface area contributed by atoms with Gasteiger partial charge in [-0.3, -0.25) is 10.1 Å². The molecule has 0 atom stereocenters. The highest BCUT2D eigenvalue weighted by Crippen LogP contribution is 2.35. The largest absolute Gasteiger partial charge is 0.326 e. The van der Waals surface area contributed by atoms with Gasteiger partial charge in [-0.1, -0.05) is 41.4 Å². The van der Waals surface area contributed by atoms with Crippen LogP contribution in [0.4, 0.5) is 16.4 Å². The summed E-state index contributed by atoms with van der Waals surface area (Å²) in [7, 11) is -4.17. The highest BCUT2D eigenvalue weighted by Gasteiger charge is 2.23. The lowest BCUT2D eigenvalue weighted by Crippen LogP contribution is -2.34. The van der Waals surface area contributed by atoms with Crippen LogP contribution in [0.1, 0.15) is 21.7 Å². The molecule has 32 heavy (non-hydrogen) atoms. The number of anilines is 2. The Labute approximate surface area is 194 Å². The fourth-order valence-corrected chi connectivity index (χ4v) is 4.47. The third kappa shape index (κ3) is 5.52. The monoisotopic (exact) mass is 493 g/mol. The van der Waals surface area contributed by atoms with Crippen LogP contribution in [0.5, 0.6) is 0 Å². The molecule has 0 aliphatic heterocycles. The molecule has 9 nitrogen and oxygen atoms in total. The molecule has 0 spiro atoms. The number of halogens is 2. The Morgan fingerprint density at radius 2 is 1.53 bits per heavy atom. The molecule has 0 radical (unpaired) electrons. The van der Waals surface area contributed by atoms with E-state index >= 15 is 0 Å². The van der Waals surface area contributed by atoms with Gasteiger partial charge < -0.3 is 5.32 Å². The molecule has 0 bridgehead atoms. The zero-order valence-corrected chi connectivity index (χ0v) is 19.1. The lowest BCUT2D eigenvalue weighted by atomic mass is 10.2. The van der Waals surface area contributed by atoms with E-state index in [-0.39, 0.29) is 32.1 Å². The van der Waals surface area contributed by atoms with Gasteiger partial charge >= 0.3 is 6.03 Å². The van der Waals surface area contributed by atoms with E-state index in [1.54, 1.807) is 50.2 Å². The summed E-state index contributed by atoms with van der Waals surface area (Å²) in [6.07, 6.45) is 0. The molecule has 0 aliphatic rings. The maximum atomic E-state index is 12.8. The molecule has 1 heterocycles. The molecule has 0 fully saturated rings. The van der Waals surface area contributed by atoms with Gasteiger partial charge in [0.1, 0.15) is 4.90 Å². The Kier molecular flexibility index (Phi) is 6.97. The van der Waals surface area contributed by atoms with Crippen molar-refractivity contribution >= 4 is 56.8 Å². The molecule has 0 saturated heterocycles. The Morgan fingerprint density at radius 3 is 2.16 bits per heavy atom. The fraction of sp³-hybridized carbons (Fsp3) is 0.100. The second kappa shape index (κ2) is 9.51. The number of amides is 3. The average Bonchev–Trinajstić information content (AvgIpc) is 2.70. The van der Waals surface area contributed by atoms with Gasteiger partial charge in [-0.15, -0.1) is 0 Å². The smallest absolute Gasteiger partial charge is 0.306 e. The maximum absolute atomic E-state index is 12.8. The summed E-state index contributed by atoms with van der Waals surface area (Å²) in [5.41, 5.74) is 1.45. The number of hydrogen-bond acceptors (Lipinski definition) is 6. The molecule has 0 saturated carbocycles. The first-order chi connectivity index (χ1) is 15.1. The number of sulfonamides is 1. The van der Waals surface area contributed by atoms with E-state index in [0.717, 1.165) is 6.07 Å². The Balaban J connectivity index is 1.78. The molecule has 2 aromatic carbocycles. The molecule has 3 N–H and O–H groups in total. The van der Waals surface area contributed by atoms with Crippen molar-refractivity contribution < 1.29 is 18.0 Å². The van der Waals surface area contributed by atoms with E-state index in [9.17, 15) is 18.0 Å². The SMILES string of the molecule is Cc1cc(C)nc(NS(=O)(=O)c2ccc(NC(=O)NC(=O)c3ccccc3)c(Cl)c2Cl)n1. The topological polar surface area (TPSA) is 130 Å². The highest BCUT2D eigenvalue weighted by atomic mass is 35.5. The molecular weight excluding hydrogens is 477 g/mol. The number of aromatic nitrogens is 2. The van der Waals surface area contributed by atoms with E-state index in [0.29, 0.717) is 11.4 Å². The van der Waals surface area contributed by atoms with Crippen LogP contribution in [0, 0.1) is 13.8 Å². The number of carbonyl (C=O) groups is 2. The lowest BCUT2D eigenvalue weighted by Gasteiger charge is -2.13. The van der Waals surface area contributed by atoms with E-state index in [2.05, 4.69) is 25.3 Å². The van der Waals surface area contributed by atoms with Crippen molar-refractivity contribution in [3.63, 3.8) is 0 Å². The molecule has 0 aliphatic carbocycles. The van der Waals surface area contributed by atoms with Crippen LogP contribution < -0.4 is 15.4 Å². The third-order valence-corrected chi connectivity index (χ3v) is 6.42. The summed E-state index contributed by atoms with van der Waals surface area (Å²) in [6.45, 7) is 3.40. The Hall–Kier alpha value is -3.21. The van der Waals surface area contributed by atoms with Gasteiger partial charge in [0.2, 0.25) is 5.95 Å². The van der Waals surface area contributed by atoms with E-state index in [1.807, 2.05) is 0 Å². The Morgan fingerprint density at radius 1 is 0.906 bits per heavy atom. The van der Waals surface area contributed by atoms with Crippen LogP contribution in [0.3, 0.4) is 0 Å². The summed E-state index contributed by atoms with van der Waals surface area (Å²) in [5, 5.41) is 3.96. The zero-order chi connectivity index (χ0) is 23.5. The first kappa shape index (κ1) is 23.5. The molecular formula is C20H17Cl2N5O4S. The minimum Gasteiger partial charge on any atom is -0.306 e. The van der Waals surface area contributed by atoms with E-state index < -0.39 is 22.0 Å². The molecule has 0 unspecified atom stereocenters. The number of hydrogen-bond donors (Lipinski definition) is 3. The van der Waals surface area contributed by atoms with Gasteiger partial charge in [0.25, 0.3) is 15.9 Å². The van der Waals surface area contributed by atoms with Crippen LogP contribution in [0.15, 0.2) is 53.4 Å². The summed E-state index contributed by atoms with van der Waals surface area (Å²) < 4.78 is 27.8. The minimum absolute atomic E-state index is 0.0108. The summed E-state index contributed by atoms with van der Waals surface area (Å²) in [5.74, 6) is -0.738. The van der Waals surface area contributed by atoms with E-state index in [4.69, 9.17) is 23.2 Å². The number of imide groups is 1. The van der Waals surface area contributed by atoms with E-state index in [1.165, 1.54) is 6.07 Å². The van der Waals surface area contributed by atoms with Crippen molar-refractivity contribution in [3.05, 3.63) is 75.5 Å². The minimum atomic E-state index is -4.17. The normalized spacial score (nSPS) is 11.0. The standard InChI is InChI=1S/C20H17Cl2N5O4S/c1-11-10-12(2)24-19(23-11)27-32(30,31)15-9-8-14(16(21)17(15)22)25-20(29)26-18(28)13-6-4-3-5-7-13/h3-10H,1-2H3,(H,23,24,27)(H2,25,26,28,29). The number of benzene rings is 2.